The third-order valence-corrected chi connectivity index (χ3v) is 6.65. The zero-order valence-electron chi connectivity index (χ0n) is 16.5. The largest absolute Gasteiger partial charge is 0.497 e. The molecule has 0 spiro atoms. The van der Waals surface area contributed by atoms with E-state index in [0.717, 1.165) is 10.6 Å². The molecule has 30 heavy (non-hydrogen) atoms. The molecular weight excluding hydrogens is 402 g/mol. The van der Waals surface area contributed by atoms with Crippen molar-refractivity contribution >= 4 is 35.1 Å². The summed E-state index contributed by atoms with van der Waals surface area (Å²) in [7, 11) is 1.58. The van der Waals surface area contributed by atoms with Gasteiger partial charge in [0, 0.05) is 46.6 Å². The third-order valence-electron chi connectivity index (χ3n) is 5.20. The average Bonchev–Trinajstić information content (AvgIpc) is 3.14. The van der Waals surface area contributed by atoms with Crippen LogP contribution in [0, 0.1) is 0 Å². The molecule has 2 aliphatic heterocycles. The minimum atomic E-state index is -1.17. The van der Waals surface area contributed by atoms with Crippen LogP contribution < -0.4 is 26.8 Å². The fraction of sp³-hybridized carbons (Fsp3) is 0.238. The van der Waals surface area contributed by atoms with E-state index >= 15 is 0 Å². The highest BCUT2D eigenvalue weighted by atomic mass is 32.2. The Kier molecular flexibility index (Phi) is 5.21. The summed E-state index contributed by atoms with van der Waals surface area (Å²) >= 11 is 1.32. The number of thioether (sulfide) groups is 1. The summed E-state index contributed by atoms with van der Waals surface area (Å²) in [6.07, 6.45) is 0.593. The van der Waals surface area contributed by atoms with Gasteiger partial charge in [-0.1, -0.05) is 36.0 Å². The first-order valence-electron chi connectivity index (χ1n) is 9.47. The summed E-state index contributed by atoms with van der Waals surface area (Å²) in [5.41, 5.74) is 14.6. The lowest BCUT2D eigenvalue weighted by Crippen LogP contribution is -2.47. The minimum Gasteiger partial charge on any atom is -0.497 e. The van der Waals surface area contributed by atoms with Crippen LogP contribution in [-0.2, 0) is 9.67 Å². The molecule has 0 fully saturated rings. The molecule has 8 nitrogen and oxygen atoms in total. The minimum absolute atomic E-state index is 0.216. The number of carbonyl (C=O) groups excluding carboxylic acids is 2. The highest BCUT2D eigenvalue weighted by molar-refractivity contribution is 8.05. The van der Waals surface area contributed by atoms with Gasteiger partial charge in [-0.05, 0) is 18.2 Å². The number of nitrogen functional groups attached to an aromatic ring is 1. The van der Waals surface area contributed by atoms with Gasteiger partial charge in [0.15, 0.2) is 4.87 Å². The van der Waals surface area contributed by atoms with Crippen molar-refractivity contribution in [3.63, 3.8) is 0 Å². The van der Waals surface area contributed by atoms with Crippen LogP contribution in [0.2, 0.25) is 0 Å². The molecule has 0 bridgehead atoms. The van der Waals surface area contributed by atoms with Crippen molar-refractivity contribution in [2.45, 2.75) is 11.3 Å². The number of hydrogen-bond donors (Lipinski definition) is 4. The summed E-state index contributed by atoms with van der Waals surface area (Å²) in [4.78, 5) is 26.7. The number of methoxy groups -OCH3 is 1. The first-order chi connectivity index (χ1) is 14.4. The molecule has 2 aliphatic rings. The monoisotopic (exact) mass is 425 g/mol. The number of benzene rings is 2. The van der Waals surface area contributed by atoms with E-state index in [1.807, 2.05) is 24.3 Å². The van der Waals surface area contributed by atoms with Crippen LogP contribution in [-0.4, -0.2) is 37.0 Å². The van der Waals surface area contributed by atoms with E-state index < -0.39 is 10.8 Å². The second kappa shape index (κ2) is 7.83. The number of rotatable bonds is 4. The van der Waals surface area contributed by atoms with Gasteiger partial charge in [-0.25, -0.2) is 4.79 Å². The Morgan fingerprint density at radius 2 is 2.03 bits per heavy atom. The first kappa shape index (κ1) is 20.0. The zero-order valence-corrected chi connectivity index (χ0v) is 17.3. The molecule has 1 atom stereocenters. The van der Waals surface area contributed by atoms with Gasteiger partial charge >= 0.3 is 6.03 Å². The number of nitrogens with two attached hydrogens (primary N) is 2. The van der Waals surface area contributed by atoms with Crippen LogP contribution >= 0.6 is 11.8 Å². The van der Waals surface area contributed by atoms with Gasteiger partial charge in [-0.3, -0.25) is 4.79 Å². The molecule has 0 radical (unpaired) electrons. The standard InChI is InChI=1S/C21H23N5O3S/c1-29-14-6-4-5-13(11-14)24-20(28)26-10-9-17-18(12-26)30-21(25-17,19(23)27)15-7-2-3-8-16(15)22/h2-8,11,25H,9-10,12,22H2,1H3,(H2,23,27)(H,24,28). The number of hydrogen-bond acceptors (Lipinski definition) is 6. The summed E-state index contributed by atoms with van der Waals surface area (Å²) in [5, 5.41) is 6.19. The van der Waals surface area contributed by atoms with E-state index in [1.54, 1.807) is 36.3 Å². The molecule has 156 valence electrons. The Labute approximate surface area is 178 Å². The number of ether oxygens (including phenoxy) is 1. The molecule has 2 aromatic rings. The summed E-state index contributed by atoms with van der Waals surface area (Å²) in [5.74, 6) is 0.144. The van der Waals surface area contributed by atoms with Gasteiger partial charge in [0.05, 0.1) is 13.7 Å². The normalized spacial score (nSPS) is 20.4. The maximum atomic E-state index is 12.8. The van der Waals surface area contributed by atoms with Crippen LogP contribution in [0.15, 0.2) is 59.1 Å². The number of amides is 3. The number of primary amides is 1. The van der Waals surface area contributed by atoms with Gasteiger partial charge in [0.2, 0.25) is 0 Å². The molecule has 2 aromatic carbocycles. The van der Waals surface area contributed by atoms with Crippen LogP contribution in [0.1, 0.15) is 12.0 Å². The Bertz CT molecular complexity index is 1040. The SMILES string of the molecule is COc1cccc(NC(=O)N2CCC3=C(C2)SC(C(N)=O)(c2ccccc2N)N3)c1. The Hall–Kier alpha value is -3.33. The molecular formula is C21H23N5O3S. The van der Waals surface area contributed by atoms with Crippen molar-refractivity contribution in [3.8, 4) is 5.75 Å². The molecule has 1 unspecified atom stereocenters. The molecule has 0 aromatic heterocycles. The van der Waals surface area contributed by atoms with Gasteiger partial charge in [0.1, 0.15) is 5.75 Å². The van der Waals surface area contributed by atoms with Crippen LogP contribution in [0.3, 0.4) is 0 Å². The number of nitrogens with zero attached hydrogens (tertiary/aromatic N) is 1. The summed E-state index contributed by atoms with van der Waals surface area (Å²) in [6.45, 7) is 0.895. The van der Waals surface area contributed by atoms with Crippen molar-refractivity contribution in [2.75, 3.05) is 31.2 Å². The second-order valence-corrected chi connectivity index (χ2v) is 8.40. The Balaban J connectivity index is 1.51. The van der Waals surface area contributed by atoms with Crippen molar-refractivity contribution in [1.82, 2.24) is 10.2 Å². The highest BCUT2D eigenvalue weighted by Gasteiger charge is 2.48. The van der Waals surface area contributed by atoms with Crippen LogP contribution in [0.5, 0.6) is 5.75 Å². The highest BCUT2D eigenvalue weighted by Crippen LogP contribution is 2.49. The summed E-state index contributed by atoms with van der Waals surface area (Å²) < 4.78 is 5.20. The van der Waals surface area contributed by atoms with Crippen molar-refractivity contribution in [2.24, 2.45) is 5.73 Å². The van der Waals surface area contributed by atoms with Crippen LogP contribution in [0.4, 0.5) is 16.2 Å². The third kappa shape index (κ3) is 3.52. The molecule has 3 amide bonds. The molecule has 9 heteroatoms. The summed E-state index contributed by atoms with van der Waals surface area (Å²) in [6, 6.07) is 14.1. The second-order valence-electron chi connectivity index (χ2n) is 7.10. The maximum Gasteiger partial charge on any atom is 0.322 e. The molecule has 0 saturated heterocycles. The predicted molar refractivity (Wildman–Crippen MR) is 118 cm³/mol. The Morgan fingerprint density at radius 3 is 2.77 bits per heavy atom. The lowest BCUT2D eigenvalue weighted by molar-refractivity contribution is -0.121. The lowest BCUT2D eigenvalue weighted by Gasteiger charge is -2.28. The van der Waals surface area contributed by atoms with E-state index in [4.69, 9.17) is 16.2 Å². The van der Waals surface area contributed by atoms with Gasteiger partial charge in [-0.2, -0.15) is 0 Å². The number of carbonyl (C=O) groups is 2. The van der Waals surface area contributed by atoms with E-state index in [2.05, 4.69) is 10.6 Å². The van der Waals surface area contributed by atoms with Crippen LogP contribution in [0.25, 0.3) is 0 Å². The van der Waals surface area contributed by atoms with E-state index in [-0.39, 0.29) is 6.03 Å². The Morgan fingerprint density at radius 1 is 1.23 bits per heavy atom. The fourth-order valence-electron chi connectivity index (χ4n) is 3.64. The lowest BCUT2D eigenvalue weighted by atomic mass is 10.0. The molecule has 0 aliphatic carbocycles. The molecule has 6 N–H and O–H groups in total. The average molecular weight is 426 g/mol. The van der Waals surface area contributed by atoms with Crippen molar-refractivity contribution in [1.29, 1.82) is 0 Å². The van der Waals surface area contributed by atoms with Gasteiger partial charge < -0.3 is 31.7 Å². The number of anilines is 2. The van der Waals surface area contributed by atoms with E-state index in [0.29, 0.717) is 42.2 Å². The number of nitrogens with one attached hydrogen (secondary N) is 2. The quantitative estimate of drug-likeness (QED) is 0.558. The van der Waals surface area contributed by atoms with E-state index in [9.17, 15) is 9.59 Å². The van der Waals surface area contributed by atoms with Crippen molar-refractivity contribution in [3.05, 3.63) is 64.7 Å². The van der Waals surface area contributed by atoms with Gasteiger partial charge in [0.25, 0.3) is 5.91 Å². The first-order valence-corrected chi connectivity index (χ1v) is 10.3. The topological polar surface area (TPSA) is 123 Å². The fourth-order valence-corrected chi connectivity index (χ4v) is 5.08. The number of para-hydroxylation sites is 1. The van der Waals surface area contributed by atoms with E-state index in [1.165, 1.54) is 11.8 Å². The molecule has 4 rings (SSSR count). The number of urea groups is 1. The van der Waals surface area contributed by atoms with Gasteiger partial charge in [-0.15, -0.1) is 0 Å². The predicted octanol–water partition coefficient (Wildman–Crippen LogP) is 2.40. The maximum absolute atomic E-state index is 12.8. The van der Waals surface area contributed by atoms with Crippen molar-refractivity contribution < 1.29 is 14.3 Å². The zero-order chi connectivity index (χ0) is 21.3. The molecule has 0 saturated carbocycles. The smallest absolute Gasteiger partial charge is 0.322 e. The molecule has 2 heterocycles.